The quantitative estimate of drug-likeness (QED) is 0.278. The van der Waals surface area contributed by atoms with E-state index in [-0.39, 0.29) is 0 Å². The molecule has 41 heavy (non-hydrogen) atoms. The maximum absolute atomic E-state index is 5.26. The van der Waals surface area contributed by atoms with E-state index >= 15 is 0 Å². The third kappa shape index (κ3) is 3.38. The highest BCUT2D eigenvalue weighted by Crippen LogP contribution is 2.44. The fourth-order valence-electron chi connectivity index (χ4n) is 6.15. The van der Waals surface area contributed by atoms with Gasteiger partial charge < -0.3 is 18.9 Å². The normalized spacial score (nSPS) is 15.3. The van der Waals surface area contributed by atoms with Crippen molar-refractivity contribution in [3.63, 3.8) is 0 Å². The average Bonchev–Trinajstić information content (AvgIpc) is 3.53. The van der Waals surface area contributed by atoms with E-state index in [0.29, 0.717) is 6.67 Å². The van der Waals surface area contributed by atoms with Crippen molar-refractivity contribution in [3.05, 3.63) is 96.6 Å². The monoisotopic (exact) mass is 539 g/mol. The molecule has 4 aromatic carbocycles. The van der Waals surface area contributed by atoms with Gasteiger partial charge in [0.2, 0.25) is 17.5 Å². The number of para-hydroxylation sites is 6. The predicted molar refractivity (Wildman–Crippen MR) is 167 cm³/mol. The lowest BCUT2D eigenvalue weighted by Crippen LogP contribution is -2.47. The second-order valence-electron chi connectivity index (χ2n) is 10.6. The van der Waals surface area contributed by atoms with Gasteiger partial charge in [0, 0.05) is 28.2 Å². The van der Waals surface area contributed by atoms with Crippen molar-refractivity contribution < 1.29 is 0 Å². The number of rotatable bonds is 1. The summed E-state index contributed by atoms with van der Waals surface area (Å²) in [5.41, 5.74) is 10.00. The van der Waals surface area contributed by atoms with E-state index in [2.05, 4.69) is 130 Å². The summed E-state index contributed by atoms with van der Waals surface area (Å²) in [6.45, 7) is 0.581. The van der Waals surface area contributed by atoms with Crippen molar-refractivity contribution >= 4 is 62.8 Å². The number of aliphatic imine (C=N–C) groups is 2. The van der Waals surface area contributed by atoms with Crippen molar-refractivity contribution in [1.82, 2.24) is 9.13 Å². The van der Waals surface area contributed by atoms with Crippen LogP contribution in [0.5, 0.6) is 0 Å². The number of hydrogen-bond acceptors (Lipinski definition) is 7. The molecule has 8 rings (SSSR count). The van der Waals surface area contributed by atoms with Crippen LogP contribution in [0.3, 0.4) is 0 Å². The number of aromatic nitrogens is 2. The van der Waals surface area contributed by atoms with Gasteiger partial charge >= 0.3 is 0 Å². The molecule has 0 bridgehead atoms. The molecule has 0 atom stereocenters. The molecule has 0 saturated carbocycles. The van der Waals surface area contributed by atoms with Gasteiger partial charge in [-0.3, -0.25) is 9.80 Å². The molecule has 0 aliphatic carbocycles. The Labute approximate surface area is 237 Å². The smallest absolute Gasteiger partial charge is 0.212 e. The predicted octanol–water partition coefficient (Wildman–Crippen LogP) is 5.61. The van der Waals surface area contributed by atoms with Crippen LogP contribution in [0.15, 0.2) is 106 Å². The molecule has 0 fully saturated rings. The molecule has 0 unspecified atom stereocenters. The first-order valence-electron chi connectivity index (χ1n) is 13.7. The Balaban J connectivity index is 1.35. The minimum Gasteiger partial charge on any atom is -0.313 e. The first-order valence-corrected chi connectivity index (χ1v) is 13.7. The molecule has 0 spiro atoms. The van der Waals surface area contributed by atoms with Crippen molar-refractivity contribution in [1.29, 1.82) is 0 Å². The van der Waals surface area contributed by atoms with E-state index in [1.54, 1.807) is 0 Å². The van der Waals surface area contributed by atoms with E-state index in [0.717, 1.165) is 68.4 Å². The van der Waals surface area contributed by atoms with Crippen LogP contribution in [0.2, 0.25) is 0 Å². The zero-order valence-corrected chi connectivity index (χ0v) is 23.4. The zero-order valence-electron chi connectivity index (χ0n) is 23.4. The summed E-state index contributed by atoms with van der Waals surface area (Å²) >= 11 is 0. The Kier molecular flexibility index (Phi) is 4.94. The van der Waals surface area contributed by atoms with Gasteiger partial charge in [0.15, 0.2) is 0 Å². The number of fused-ring (bicyclic) bond motifs is 8. The Morgan fingerprint density at radius 3 is 1.61 bits per heavy atom. The number of guanidine groups is 2. The Bertz CT molecular complexity index is 1970. The maximum Gasteiger partial charge on any atom is 0.212 e. The topological polar surface area (TPSA) is 59.9 Å². The van der Waals surface area contributed by atoms with Gasteiger partial charge in [-0.1, -0.05) is 36.4 Å². The van der Waals surface area contributed by atoms with Crippen LogP contribution in [0, 0.1) is 0 Å². The summed E-state index contributed by atoms with van der Waals surface area (Å²) in [7, 11) is 8.25. The fraction of sp³-hybridized carbons (Fsp3) is 0.156. The molecule has 0 N–H and O–H groups in total. The van der Waals surface area contributed by atoms with Crippen molar-refractivity contribution in [2.45, 2.75) is 0 Å². The number of hydrogen-bond donors (Lipinski definition) is 0. The number of anilines is 4. The second kappa shape index (κ2) is 8.59. The Morgan fingerprint density at radius 1 is 0.561 bits per heavy atom. The van der Waals surface area contributed by atoms with Gasteiger partial charge in [0.25, 0.3) is 0 Å². The van der Waals surface area contributed by atoms with Crippen molar-refractivity contribution in [3.8, 4) is 0 Å². The molecule has 9 nitrogen and oxygen atoms in total. The molecule has 9 heteroatoms. The first kappa shape index (κ1) is 23.6. The van der Waals surface area contributed by atoms with Crippen molar-refractivity contribution in [2.24, 2.45) is 29.1 Å². The molecule has 202 valence electrons. The van der Waals surface area contributed by atoms with E-state index in [1.165, 1.54) is 0 Å². The van der Waals surface area contributed by atoms with E-state index in [9.17, 15) is 0 Å². The number of imidazole rings is 1. The van der Waals surface area contributed by atoms with Crippen LogP contribution in [-0.2, 0) is 14.1 Å². The Morgan fingerprint density at radius 2 is 1.05 bits per heavy atom. The van der Waals surface area contributed by atoms with Gasteiger partial charge in [-0.05, 0) is 54.6 Å². The molecule has 3 aliphatic rings. The Hall–Kier alpha value is -5.31. The van der Waals surface area contributed by atoms with Gasteiger partial charge in [0.05, 0.1) is 50.8 Å². The lowest BCUT2D eigenvalue weighted by Gasteiger charge is -2.28. The molecule has 0 amide bonds. The van der Waals surface area contributed by atoms with Crippen LogP contribution >= 0.6 is 0 Å². The third-order valence-corrected chi connectivity index (χ3v) is 8.27. The molecule has 1 aromatic heterocycles. The lowest BCUT2D eigenvalue weighted by atomic mass is 10.2. The van der Waals surface area contributed by atoms with Gasteiger partial charge in [-0.15, -0.1) is 0 Å². The summed E-state index contributed by atoms with van der Waals surface area (Å²) in [6, 6.07) is 31.3. The maximum atomic E-state index is 5.26. The lowest BCUT2D eigenvalue weighted by molar-refractivity contribution is 0.764. The summed E-state index contributed by atoms with van der Waals surface area (Å²) in [4.78, 5) is 24.4. The minimum atomic E-state index is 0.581. The third-order valence-electron chi connectivity index (χ3n) is 8.27. The van der Waals surface area contributed by atoms with E-state index in [4.69, 9.17) is 15.0 Å². The van der Waals surface area contributed by atoms with Gasteiger partial charge in [-0.25, -0.2) is 15.0 Å². The summed E-state index contributed by atoms with van der Waals surface area (Å²) in [6.07, 6.45) is 0. The zero-order chi connectivity index (χ0) is 27.8. The number of nitrogens with zero attached hydrogens (tertiary/aromatic N) is 9. The highest BCUT2D eigenvalue weighted by molar-refractivity contribution is 6.21. The van der Waals surface area contributed by atoms with Crippen LogP contribution in [0.1, 0.15) is 0 Å². The summed E-state index contributed by atoms with van der Waals surface area (Å²) in [5.74, 6) is 1.71. The molecule has 0 radical (unpaired) electrons. The molecular weight excluding hydrogens is 510 g/mol. The van der Waals surface area contributed by atoms with Crippen LogP contribution in [0.4, 0.5) is 39.8 Å². The molecule has 3 aliphatic heterocycles. The van der Waals surface area contributed by atoms with Gasteiger partial charge in [-0.2, -0.15) is 0 Å². The van der Waals surface area contributed by atoms with Gasteiger partial charge in [0.1, 0.15) is 6.67 Å². The van der Waals surface area contributed by atoms with E-state index in [1.807, 2.05) is 18.2 Å². The first-order chi connectivity index (χ1) is 20.0. The highest BCUT2D eigenvalue weighted by atomic mass is 15.5. The SMILES string of the molecule is CN1C2=Nc3ccc(N=c4n(C)c5ccccc5n4C)cc3N=C3N(C)c4ccccc4N3CN2c2ccccc21. The van der Waals surface area contributed by atoms with E-state index < -0.39 is 0 Å². The molecule has 0 saturated heterocycles. The molecule has 5 aromatic rings. The largest absolute Gasteiger partial charge is 0.313 e. The van der Waals surface area contributed by atoms with Crippen molar-refractivity contribution in [2.75, 3.05) is 40.4 Å². The number of benzene rings is 4. The highest BCUT2D eigenvalue weighted by Gasteiger charge is 2.38. The van der Waals surface area contributed by atoms with Crippen LogP contribution < -0.4 is 25.2 Å². The standard InChI is InChI=1S/C32H29N9/c1-36-24-11-5-6-12-25(24)37(2)30(36)33-21-17-18-22-23(19-21)35-32-39(4)27-14-8-10-16-29(27)41(32)20-40-28-15-9-7-13-26(28)38(3)31(40)34-22/h5-19H,20H2,1-4H3. The average molecular weight is 540 g/mol. The molecular formula is C32H29N9. The fourth-order valence-corrected chi connectivity index (χ4v) is 6.15. The van der Waals surface area contributed by atoms with Crippen LogP contribution in [0.25, 0.3) is 11.0 Å². The summed E-state index contributed by atoms with van der Waals surface area (Å²) < 4.78 is 4.24. The van der Waals surface area contributed by atoms with Crippen LogP contribution in [-0.4, -0.2) is 41.8 Å². The molecule has 4 heterocycles. The summed E-state index contributed by atoms with van der Waals surface area (Å²) in [5, 5.41) is 0. The number of aryl methyl sites for hydroxylation is 2. The second-order valence-corrected chi connectivity index (χ2v) is 10.6. The minimum absolute atomic E-state index is 0.581.